The van der Waals surface area contributed by atoms with Crippen LogP contribution < -0.4 is 15.0 Å². The van der Waals surface area contributed by atoms with E-state index in [4.69, 9.17) is 9.47 Å². The van der Waals surface area contributed by atoms with Crippen LogP contribution in [0.25, 0.3) is 0 Å². The van der Waals surface area contributed by atoms with E-state index >= 15 is 0 Å². The summed E-state index contributed by atoms with van der Waals surface area (Å²) in [4.78, 5) is 40.0. The van der Waals surface area contributed by atoms with Crippen LogP contribution in [0.1, 0.15) is 25.7 Å². The second-order valence-corrected chi connectivity index (χ2v) is 7.49. The molecule has 2 amide bonds. The topological polar surface area (TPSA) is 88.2 Å². The Labute approximate surface area is 171 Å². The predicted octanol–water partition coefficient (Wildman–Crippen LogP) is 1.19. The van der Waals surface area contributed by atoms with Gasteiger partial charge in [0.2, 0.25) is 11.8 Å². The lowest BCUT2D eigenvalue weighted by Gasteiger charge is -2.32. The SMILES string of the molecule is COC(=O)CN1CCCC(CNC(=O)CCC(=O)N2CCOc3ccccc32)C1. The molecule has 0 radical (unpaired) electrons. The van der Waals surface area contributed by atoms with Crippen LogP contribution in [-0.4, -0.2) is 69.1 Å². The van der Waals surface area contributed by atoms with Gasteiger partial charge in [0.05, 0.1) is 25.9 Å². The largest absolute Gasteiger partial charge is 0.490 e. The average Bonchev–Trinajstić information content (AvgIpc) is 2.75. The minimum atomic E-state index is -0.238. The van der Waals surface area contributed by atoms with Crippen LogP contribution in [0, 0.1) is 5.92 Å². The van der Waals surface area contributed by atoms with Gasteiger partial charge in [0.25, 0.3) is 0 Å². The zero-order valence-corrected chi connectivity index (χ0v) is 16.9. The molecule has 1 saturated heterocycles. The van der Waals surface area contributed by atoms with E-state index in [-0.39, 0.29) is 37.2 Å². The van der Waals surface area contributed by atoms with Gasteiger partial charge < -0.3 is 19.7 Å². The predicted molar refractivity (Wildman–Crippen MR) is 108 cm³/mol. The summed E-state index contributed by atoms with van der Waals surface area (Å²) in [6.07, 6.45) is 2.34. The molecule has 8 heteroatoms. The third-order valence-electron chi connectivity index (χ3n) is 5.37. The van der Waals surface area contributed by atoms with Gasteiger partial charge in [0.1, 0.15) is 12.4 Å². The van der Waals surface area contributed by atoms with Gasteiger partial charge in [-0.3, -0.25) is 19.3 Å². The summed E-state index contributed by atoms with van der Waals surface area (Å²) in [6.45, 7) is 3.43. The number of hydrogen-bond acceptors (Lipinski definition) is 6. The highest BCUT2D eigenvalue weighted by Gasteiger charge is 2.25. The monoisotopic (exact) mass is 403 g/mol. The molecule has 0 bridgehead atoms. The Bertz CT molecular complexity index is 739. The molecule has 1 aromatic carbocycles. The van der Waals surface area contributed by atoms with E-state index in [1.54, 1.807) is 4.90 Å². The van der Waals surface area contributed by atoms with E-state index in [1.807, 2.05) is 24.3 Å². The minimum Gasteiger partial charge on any atom is -0.490 e. The van der Waals surface area contributed by atoms with Crippen molar-refractivity contribution in [3.63, 3.8) is 0 Å². The normalized spacial score (nSPS) is 19.1. The first-order valence-electron chi connectivity index (χ1n) is 10.1. The maximum absolute atomic E-state index is 12.6. The van der Waals surface area contributed by atoms with Crippen LogP contribution in [0.15, 0.2) is 24.3 Å². The van der Waals surface area contributed by atoms with Crippen molar-refractivity contribution in [2.45, 2.75) is 25.7 Å². The summed E-state index contributed by atoms with van der Waals surface area (Å²) >= 11 is 0. The van der Waals surface area contributed by atoms with Crippen molar-refractivity contribution in [2.24, 2.45) is 5.92 Å². The Morgan fingerprint density at radius 1 is 1.21 bits per heavy atom. The first-order chi connectivity index (χ1) is 14.1. The number of nitrogens with one attached hydrogen (secondary N) is 1. The number of benzene rings is 1. The first kappa shape index (κ1) is 21.1. The molecule has 2 aliphatic rings. The van der Waals surface area contributed by atoms with Crippen molar-refractivity contribution in [3.8, 4) is 5.75 Å². The van der Waals surface area contributed by atoms with Crippen molar-refractivity contribution in [1.82, 2.24) is 10.2 Å². The summed E-state index contributed by atoms with van der Waals surface area (Å²) in [5.74, 6) is 0.574. The number of likely N-dealkylation sites (tertiary alicyclic amines) is 1. The van der Waals surface area contributed by atoms with E-state index < -0.39 is 0 Å². The molecule has 2 aliphatic heterocycles. The lowest BCUT2D eigenvalue weighted by atomic mass is 9.98. The van der Waals surface area contributed by atoms with Gasteiger partial charge in [-0.2, -0.15) is 0 Å². The number of methoxy groups -OCH3 is 1. The minimum absolute atomic E-state index is 0.0715. The molecule has 29 heavy (non-hydrogen) atoms. The molecule has 1 N–H and O–H groups in total. The number of piperidine rings is 1. The highest BCUT2D eigenvalue weighted by atomic mass is 16.5. The van der Waals surface area contributed by atoms with Crippen LogP contribution in [0.2, 0.25) is 0 Å². The van der Waals surface area contributed by atoms with E-state index in [2.05, 4.69) is 10.2 Å². The third-order valence-corrected chi connectivity index (χ3v) is 5.37. The lowest BCUT2D eigenvalue weighted by Crippen LogP contribution is -2.43. The van der Waals surface area contributed by atoms with Gasteiger partial charge in [-0.15, -0.1) is 0 Å². The molecule has 0 saturated carbocycles. The van der Waals surface area contributed by atoms with Crippen LogP contribution in [-0.2, 0) is 19.1 Å². The quantitative estimate of drug-likeness (QED) is 0.688. The van der Waals surface area contributed by atoms with Crippen LogP contribution in [0.3, 0.4) is 0 Å². The molecule has 1 aromatic rings. The van der Waals surface area contributed by atoms with Gasteiger partial charge in [-0.05, 0) is 37.4 Å². The number of ether oxygens (including phenoxy) is 2. The zero-order valence-electron chi connectivity index (χ0n) is 16.9. The Morgan fingerprint density at radius 2 is 2.03 bits per heavy atom. The molecular formula is C21H29N3O5. The van der Waals surface area contributed by atoms with Crippen LogP contribution in [0.5, 0.6) is 5.75 Å². The molecule has 3 rings (SSSR count). The zero-order chi connectivity index (χ0) is 20.6. The average molecular weight is 403 g/mol. The number of esters is 1. The standard InChI is InChI=1S/C21H29N3O5/c1-28-21(27)15-23-10-4-5-16(14-23)13-22-19(25)8-9-20(26)24-11-12-29-18-7-3-2-6-17(18)24/h2-3,6-7,16H,4-5,8-15H2,1H3,(H,22,25). The first-order valence-corrected chi connectivity index (χ1v) is 10.1. The highest BCUT2D eigenvalue weighted by molar-refractivity contribution is 5.97. The number of hydrogen-bond donors (Lipinski definition) is 1. The molecule has 1 unspecified atom stereocenters. The molecule has 2 heterocycles. The van der Waals surface area contributed by atoms with Gasteiger partial charge in [-0.25, -0.2) is 0 Å². The summed E-state index contributed by atoms with van der Waals surface area (Å²) in [5, 5.41) is 2.94. The number of carbonyl (C=O) groups excluding carboxylic acids is 3. The second-order valence-electron chi connectivity index (χ2n) is 7.49. The van der Waals surface area contributed by atoms with Crippen molar-refractivity contribution in [1.29, 1.82) is 0 Å². The lowest BCUT2D eigenvalue weighted by molar-refractivity contribution is -0.142. The Hall–Kier alpha value is -2.61. The van der Waals surface area contributed by atoms with E-state index in [9.17, 15) is 14.4 Å². The van der Waals surface area contributed by atoms with Gasteiger partial charge in [0, 0.05) is 25.9 Å². The number of anilines is 1. The summed E-state index contributed by atoms with van der Waals surface area (Å²) in [7, 11) is 1.39. The van der Waals surface area contributed by atoms with E-state index in [0.717, 1.165) is 31.6 Å². The number of rotatable bonds is 7. The molecule has 0 spiro atoms. The number of carbonyl (C=O) groups is 3. The van der Waals surface area contributed by atoms with Crippen molar-refractivity contribution < 1.29 is 23.9 Å². The number of fused-ring (bicyclic) bond motifs is 1. The maximum atomic E-state index is 12.6. The Morgan fingerprint density at radius 3 is 2.86 bits per heavy atom. The summed E-state index contributed by atoms with van der Waals surface area (Å²) in [6, 6.07) is 7.44. The van der Waals surface area contributed by atoms with E-state index in [1.165, 1.54) is 7.11 Å². The second kappa shape index (κ2) is 10.2. The Balaban J connectivity index is 1.40. The van der Waals surface area contributed by atoms with E-state index in [0.29, 0.717) is 31.4 Å². The number of amides is 2. The molecule has 8 nitrogen and oxygen atoms in total. The van der Waals surface area contributed by atoms with Crippen molar-refractivity contribution >= 4 is 23.5 Å². The summed E-state index contributed by atoms with van der Waals surface area (Å²) < 4.78 is 10.3. The fourth-order valence-corrected chi connectivity index (χ4v) is 3.84. The van der Waals surface area contributed by atoms with Crippen molar-refractivity contribution in [2.75, 3.05) is 51.3 Å². The summed E-state index contributed by atoms with van der Waals surface area (Å²) in [5.41, 5.74) is 0.761. The highest BCUT2D eigenvalue weighted by Crippen LogP contribution is 2.31. The smallest absolute Gasteiger partial charge is 0.319 e. The molecular weight excluding hydrogens is 374 g/mol. The molecule has 1 fully saturated rings. The molecule has 0 aliphatic carbocycles. The van der Waals surface area contributed by atoms with Gasteiger partial charge >= 0.3 is 5.97 Å². The fraction of sp³-hybridized carbons (Fsp3) is 0.571. The fourth-order valence-electron chi connectivity index (χ4n) is 3.84. The molecule has 158 valence electrons. The molecule has 0 aromatic heterocycles. The van der Waals surface area contributed by atoms with Crippen LogP contribution in [0.4, 0.5) is 5.69 Å². The maximum Gasteiger partial charge on any atom is 0.319 e. The number of nitrogens with zero attached hydrogens (tertiary/aromatic N) is 2. The Kier molecular flexibility index (Phi) is 7.46. The van der Waals surface area contributed by atoms with Crippen molar-refractivity contribution in [3.05, 3.63) is 24.3 Å². The van der Waals surface area contributed by atoms with Crippen LogP contribution >= 0.6 is 0 Å². The number of para-hydroxylation sites is 2. The third kappa shape index (κ3) is 5.93. The van der Waals surface area contributed by atoms with Gasteiger partial charge in [-0.1, -0.05) is 12.1 Å². The van der Waals surface area contributed by atoms with Gasteiger partial charge in [0.15, 0.2) is 0 Å². The molecule has 1 atom stereocenters.